The monoisotopic (exact) mass is 545 g/mol. The Hall–Kier alpha value is -3.80. The van der Waals surface area contributed by atoms with Gasteiger partial charge in [0.2, 0.25) is 5.91 Å². The van der Waals surface area contributed by atoms with Crippen LogP contribution in [0.2, 0.25) is 10.0 Å². The molecule has 0 aromatic heterocycles. The van der Waals surface area contributed by atoms with Crippen molar-refractivity contribution in [1.29, 1.82) is 0 Å². The molecule has 4 aromatic rings. The quantitative estimate of drug-likeness (QED) is 0.218. The van der Waals surface area contributed by atoms with Crippen LogP contribution < -0.4 is 16.0 Å². The molecule has 0 radical (unpaired) electrons. The molecule has 0 unspecified atom stereocenters. The zero-order chi connectivity index (χ0) is 27.3. The van der Waals surface area contributed by atoms with Gasteiger partial charge in [0.05, 0.1) is 22.2 Å². The Morgan fingerprint density at radius 2 is 1.34 bits per heavy atom. The first-order chi connectivity index (χ1) is 18.1. The van der Waals surface area contributed by atoms with Gasteiger partial charge in [-0.1, -0.05) is 86.4 Å². The number of amides is 2. The molecule has 0 aliphatic rings. The molecular weight excluding hydrogens is 517 g/mol. The lowest BCUT2D eigenvalue weighted by atomic mass is 9.87. The Bertz CT molecular complexity index is 1440. The highest BCUT2D eigenvalue weighted by Gasteiger charge is 2.15. The van der Waals surface area contributed by atoms with Gasteiger partial charge >= 0.3 is 0 Å². The molecule has 0 saturated carbocycles. The van der Waals surface area contributed by atoms with Gasteiger partial charge in [0.15, 0.2) is 0 Å². The molecule has 3 N–H and O–H groups in total. The SMILES string of the molecule is CC(C)(C)c1ccc(C(=O)Nc2cccc(NC(=O)Cc3ccccc3Nc3c(Cl)cccc3Cl)c2)cc1. The molecule has 7 heteroatoms. The zero-order valence-corrected chi connectivity index (χ0v) is 23.0. The maximum atomic E-state index is 12.9. The summed E-state index contributed by atoms with van der Waals surface area (Å²) in [5.74, 6) is -0.419. The van der Waals surface area contributed by atoms with Crippen molar-refractivity contribution in [2.75, 3.05) is 16.0 Å². The van der Waals surface area contributed by atoms with Crippen molar-refractivity contribution in [2.24, 2.45) is 0 Å². The summed E-state index contributed by atoms with van der Waals surface area (Å²) in [6.07, 6.45) is 0.127. The second kappa shape index (κ2) is 11.7. The largest absolute Gasteiger partial charge is 0.353 e. The van der Waals surface area contributed by atoms with E-state index in [9.17, 15) is 9.59 Å². The highest BCUT2D eigenvalue weighted by molar-refractivity contribution is 6.39. The standard InChI is InChI=1S/C31H29Cl2N3O2/c1-31(2,3)22-16-14-20(15-17-22)30(38)35-24-10-6-9-23(19-24)34-28(37)18-21-8-4-5-13-27(21)36-29-25(32)11-7-12-26(29)33/h4-17,19,36H,18H2,1-3H3,(H,34,37)(H,35,38). The zero-order valence-electron chi connectivity index (χ0n) is 21.4. The second-order valence-corrected chi connectivity index (χ2v) is 10.8. The summed E-state index contributed by atoms with van der Waals surface area (Å²) >= 11 is 12.6. The van der Waals surface area contributed by atoms with Crippen molar-refractivity contribution in [1.82, 2.24) is 0 Å². The number of halogens is 2. The van der Waals surface area contributed by atoms with Gasteiger partial charge in [-0.05, 0) is 65.1 Å². The number of hydrogen-bond donors (Lipinski definition) is 3. The Kier molecular flexibility index (Phi) is 8.40. The molecule has 0 bridgehead atoms. The van der Waals surface area contributed by atoms with E-state index in [-0.39, 0.29) is 23.7 Å². The maximum Gasteiger partial charge on any atom is 0.255 e. The van der Waals surface area contributed by atoms with Crippen LogP contribution in [0, 0.1) is 0 Å². The summed E-state index contributed by atoms with van der Waals surface area (Å²) in [5, 5.41) is 10.0. The van der Waals surface area contributed by atoms with Crippen LogP contribution in [0.1, 0.15) is 42.3 Å². The molecule has 0 aliphatic heterocycles. The number of nitrogens with one attached hydrogen (secondary N) is 3. The first kappa shape index (κ1) is 27.2. The average Bonchev–Trinajstić information content (AvgIpc) is 2.87. The van der Waals surface area contributed by atoms with E-state index in [0.29, 0.717) is 32.7 Å². The van der Waals surface area contributed by atoms with Crippen molar-refractivity contribution in [3.63, 3.8) is 0 Å². The summed E-state index contributed by atoms with van der Waals surface area (Å²) in [5.41, 5.74) is 5.00. The van der Waals surface area contributed by atoms with E-state index in [4.69, 9.17) is 23.2 Å². The van der Waals surface area contributed by atoms with Crippen molar-refractivity contribution in [3.05, 3.63) is 118 Å². The first-order valence-corrected chi connectivity index (χ1v) is 13.0. The van der Waals surface area contributed by atoms with Crippen LogP contribution >= 0.6 is 23.2 Å². The van der Waals surface area contributed by atoms with Crippen molar-refractivity contribution < 1.29 is 9.59 Å². The minimum absolute atomic E-state index is 0.0137. The van der Waals surface area contributed by atoms with Crippen LogP contribution in [0.25, 0.3) is 0 Å². The van der Waals surface area contributed by atoms with Gasteiger partial charge in [0.25, 0.3) is 5.91 Å². The fraction of sp³-hybridized carbons (Fsp3) is 0.161. The minimum atomic E-state index is -0.216. The third-order valence-corrected chi connectivity index (χ3v) is 6.64. The third-order valence-electron chi connectivity index (χ3n) is 6.01. The second-order valence-electron chi connectivity index (χ2n) is 9.97. The molecule has 0 saturated heterocycles. The van der Waals surface area contributed by atoms with Crippen molar-refractivity contribution in [2.45, 2.75) is 32.6 Å². The number of rotatable bonds is 7. The van der Waals surface area contributed by atoms with Gasteiger partial charge in [-0.3, -0.25) is 9.59 Å². The van der Waals surface area contributed by atoms with Crippen LogP contribution in [0.15, 0.2) is 91.0 Å². The molecule has 4 rings (SSSR count). The lowest BCUT2D eigenvalue weighted by Gasteiger charge is -2.19. The van der Waals surface area contributed by atoms with Gasteiger partial charge in [0, 0.05) is 22.6 Å². The van der Waals surface area contributed by atoms with E-state index < -0.39 is 0 Å². The molecule has 0 fully saturated rings. The molecule has 194 valence electrons. The Balaban J connectivity index is 1.41. The lowest BCUT2D eigenvalue weighted by Crippen LogP contribution is -2.16. The summed E-state index contributed by atoms with van der Waals surface area (Å²) in [4.78, 5) is 25.7. The van der Waals surface area contributed by atoms with Crippen molar-refractivity contribution in [3.8, 4) is 0 Å². The lowest BCUT2D eigenvalue weighted by molar-refractivity contribution is -0.115. The van der Waals surface area contributed by atoms with Gasteiger partial charge < -0.3 is 16.0 Å². The molecule has 2 amide bonds. The summed E-state index contributed by atoms with van der Waals surface area (Å²) in [6.45, 7) is 6.39. The fourth-order valence-electron chi connectivity index (χ4n) is 3.93. The first-order valence-electron chi connectivity index (χ1n) is 12.2. The Morgan fingerprint density at radius 3 is 2.00 bits per heavy atom. The molecule has 0 aliphatic carbocycles. The molecule has 0 heterocycles. The number of carbonyl (C=O) groups is 2. The van der Waals surface area contributed by atoms with Crippen molar-refractivity contribution >= 4 is 57.8 Å². The predicted molar refractivity (Wildman–Crippen MR) is 158 cm³/mol. The van der Waals surface area contributed by atoms with Gasteiger partial charge in [0.1, 0.15) is 0 Å². The average molecular weight is 546 g/mol. The highest BCUT2D eigenvalue weighted by atomic mass is 35.5. The van der Waals surface area contributed by atoms with E-state index in [0.717, 1.165) is 16.8 Å². The van der Waals surface area contributed by atoms with Crippen LogP contribution in [-0.2, 0) is 16.6 Å². The van der Waals surface area contributed by atoms with E-state index in [1.807, 2.05) is 48.5 Å². The summed E-state index contributed by atoms with van der Waals surface area (Å²) < 4.78 is 0. The number of hydrogen-bond acceptors (Lipinski definition) is 3. The topological polar surface area (TPSA) is 70.2 Å². The molecule has 4 aromatic carbocycles. The van der Waals surface area contributed by atoms with E-state index in [1.54, 1.807) is 42.5 Å². The smallest absolute Gasteiger partial charge is 0.255 e. The molecule has 0 spiro atoms. The van der Waals surface area contributed by atoms with E-state index >= 15 is 0 Å². The molecule has 0 atom stereocenters. The van der Waals surface area contributed by atoms with Gasteiger partial charge in [-0.25, -0.2) is 0 Å². The highest BCUT2D eigenvalue weighted by Crippen LogP contribution is 2.33. The Labute approximate surface area is 233 Å². The molecule has 38 heavy (non-hydrogen) atoms. The van der Waals surface area contributed by atoms with E-state index in [1.165, 1.54) is 0 Å². The molecular formula is C31H29Cl2N3O2. The fourth-order valence-corrected chi connectivity index (χ4v) is 4.42. The molecule has 5 nitrogen and oxygen atoms in total. The normalized spacial score (nSPS) is 11.1. The number of carbonyl (C=O) groups excluding carboxylic acids is 2. The summed E-state index contributed by atoms with van der Waals surface area (Å²) in [6, 6.07) is 27.4. The number of benzene rings is 4. The predicted octanol–water partition coefficient (Wildman–Crippen LogP) is 8.47. The summed E-state index contributed by atoms with van der Waals surface area (Å²) in [7, 11) is 0. The maximum absolute atomic E-state index is 12.9. The Morgan fingerprint density at radius 1 is 0.737 bits per heavy atom. The van der Waals surface area contributed by atoms with Crippen LogP contribution in [0.3, 0.4) is 0 Å². The van der Waals surface area contributed by atoms with Gasteiger partial charge in [-0.2, -0.15) is 0 Å². The number of para-hydroxylation sites is 2. The minimum Gasteiger partial charge on any atom is -0.353 e. The third kappa shape index (κ3) is 6.94. The van der Waals surface area contributed by atoms with E-state index in [2.05, 4.69) is 36.7 Å². The van der Waals surface area contributed by atoms with Crippen LogP contribution in [0.5, 0.6) is 0 Å². The number of anilines is 4. The van der Waals surface area contributed by atoms with Gasteiger partial charge in [-0.15, -0.1) is 0 Å². The van der Waals surface area contributed by atoms with Crippen LogP contribution in [-0.4, -0.2) is 11.8 Å². The van der Waals surface area contributed by atoms with Crippen LogP contribution in [0.4, 0.5) is 22.7 Å².